The summed E-state index contributed by atoms with van der Waals surface area (Å²) in [7, 11) is -9.34. The lowest BCUT2D eigenvalue weighted by molar-refractivity contribution is 0.296. The summed E-state index contributed by atoms with van der Waals surface area (Å²) in [5.41, 5.74) is -0.462. The van der Waals surface area contributed by atoms with Crippen LogP contribution in [0.1, 0.15) is 120 Å². The van der Waals surface area contributed by atoms with E-state index in [0.29, 0.717) is 37.7 Å². The van der Waals surface area contributed by atoms with Gasteiger partial charge in [-0.1, -0.05) is 81.6 Å². The first-order valence-corrected chi connectivity index (χ1v) is 20.8. The van der Waals surface area contributed by atoms with Gasteiger partial charge in [0.1, 0.15) is 0 Å². The van der Waals surface area contributed by atoms with Crippen molar-refractivity contribution < 1.29 is 24.4 Å². The Bertz CT molecular complexity index is 599. The molecule has 0 saturated carbocycles. The van der Waals surface area contributed by atoms with E-state index in [1.54, 1.807) is 0 Å². The fraction of sp³-hybridized carbons (Fsp3) is 1.00. The molecule has 0 aliphatic carbocycles. The van der Waals surface area contributed by atoms with Gasteiger partial charge in [0.15, 0.2) is 22.1 Å². The zero-order valence-corrected chi connectivity index (χ0v) is 27.4. The molecule has 0 saturated heterocycles. The smallest absolute Gasteiger partial charge is 0.405 e. The average molecular weight is 559 g/mol. The van der Waals surface area contributed by atoms with Crippen molar-refractivity contribution in [3.05, 3.63) is 0 Å². The highest BCUT2D eigenvalue weighted by molar-refractivity contribution is 7.64. The van der Waals surface area contributed by atoms with Gasteiger partial charge in [-0.15, -0.1) is 0 Å². The molecule has 0 amide bonds. The molecule has 0 aliphatic rings. The first-order valence-electron chi connectivity index (χ1n) is 13.7. The lowest BCUT2D eigenvalue weighted by Gasteiger charge is -2.33. The molecule has 0 fully saturated rings. The van der Waals surface area contributed by atoms with Gasteiger partial charge in [-0.3, -0.25) is 13.7 Å². The van der Waals surface area contributed by atoms with Crippen LogP contribution < -0.4 is 0 Å². The van der Waals surface area contributed by atoms with Gasteiger partial charge in [-0.05, 0) is 38.5 Å². The predicted octanol–water partition coefficient (Wildman–Crippen LogP) is 9.65. The molecule has 6 nitrogen and oxygen atoms in total. The Morgan fingerprint density at radius 2 is 0.765 bits per heavy atom. The number of rotatable bonds is 21. The molecule has 204 valence electrons. The zero-order valence-electron chi connectivity index (χ0n) is 23.6. The van der Waals surface area contributed by atoms with Crippen LogP contribution in [0, 0.1) is 0 Å². The van der Waals surface area contributed by atoms with E-state index in [0.717, 1.165) is 38.5 Å². The van der Waals surface area contributed by atoms with Crippen LogP contribution in [0.3, 0.4) is 0 Å². The van der Waals surface area contributed by atoms with Gasteiger partial charge in [0.2, 0.25) is 0 Å². The van der Waals surface area contributed by atoms with Gasteiger partial charge in [-0.2, -0.15) is 0 Å². The molecule has 6 unspecified atom stereocenters. The molecule has 0 rings (SSSR count). The van der Waals surface area contributed by atoms with E-state index in [-0.39, 0.29) is 17.0 Å². The van der Waals surface area contributed by atoms with Gasteiger partial charge >= 0.3 is 15.1 Å². The van der Waals surface area contributed by atoms with Crippen LogP contribution in [0.4, 0.5) is 0 Å². The van der Waals surface area contributed by atoms with Crippen molar-refractivity contribution in [2.75, 3.05) is 18.5 Å². The van der Waals surface area contributed by atoms with Gasteiger partial charge in [0.25, 0.3) is 0 Å². The Labute approximate surface area is 216 Å². The van der Waals surface area contributed by atoms with Crippen molar-refractivity contribution in [1.82, 2.24) is 0 Å². The maximum atomic E-state index is 14.1. The highest BCUT2D eigenvalue weighted by atomic mass is 31.2. The highest BCUT2D eigenvalue weighted by Gasteiger charge is 2.51. The van der Waals surface area contributed by atoms with Gasteiger partial charge in [-0.25, -0.2) is 0 Å². The molecular weight excluding hydrogens is 504 g/mol. The number of unbranched alkanes of at least 4 members (excludes halogenated alkanes) is 3. The van der Waals surface area contributed by atoms with Gasteiger partial charge in [0, 0.05) is 35.5 Å². The Morgan fingerprint density at radius 3 is 0.941 bits per heavy atom. The standard InChI is InChI=1S/3C8H19O2P.Al/c3*1-4-6-7-11(9,10)8(3)5-2;/h3*8H,4-7H2,1-3H3,(H,9,10);/q;;;+3/p-3. The second kappa shape index (κ2) is 17.6. The van der Waals surface area contributed by atoms with Crippen molar-refractivity contribution in [2.24, 2.45) is 0 Å². The van der Waals surface area contributed by atoms with E-state index < -0.39 is 37.3 Å². The molecular formula is C24H54AlO6P3. The van der Waals surface area contributed by atoms with E-state index >= 15 is 0 Å². The molecule has 0 bridgehead atoms. The maximum absolute atomic E-state index is 14.1. The molecule has 34 heavy (non-hydrogen) atoms. The van der Waals surface area contributed by atoms with E-state index in [4.69, 9.17) is 10.7 Å². The number of hydrogen-bond donors (Lipinski definition) is 0. The lowest BCUT2D eigenvalue weighted by Crippen LogP contribution is -2.30. The van der Waals surface area contributed by atoms with Crippen LogP contribution in [0.5, 0.6) is 0 Å². The Morgan fingerprint density at radius 1 is 0.529 bits per heavy atom. The summed E-state index contributed by atoms with van der Waals surface area (Å²) in [5, 5.41) is 0. The first-order chi connectivity index (χ1) is 15.9. The molecule has 0 spiro atoms. The van der Waals surface area contributed by atoms with Gasteiger partial charge < -0.3 is 10.7 Å². The van der Waals surface area contributed by atoms with Crippen LogP contribution in [-0.2, 0) is 24.4 Å². The molecule has 10 heteroatoms. The molecule has 6 atom stereocenters. The van der Waals surface area contributed by atoms with Crippen molar-refractivity contribution in [3.63, 3.8) is 0 Å². The summed E-state index contributed by atoms with van der Waals surface area (Å²) in [6, 6.07) is 0. The quantitative estimate of drug-likeness (QED) is 0.103. The summed E-state index contributed by atoms with van der Waals surface area (Å²) in [6.45, 7) is 18.0. The monoisotopic (exact) mass is 558 g/mol. The van der Waals surface area contributed by atoms with Crippen molar-refractivity contribution >= 4 is 37.3 Å². The van der Waals surface area contributed by atoms with Gasteiger partial charge in [0.05, 0.1) is 0 Å². The minimum absolute atomic E-state index is 0.154. The minimum Gasteiger partial charge on any atom is -0.405 e. The van der Waals surface area contributed by atoms with Crippen LogP contribution in [0.15, 0.2) is 0 Å². The topological polar surface area (TPSA) is 78.9 Å². The molecule has 0 aromatic rings. The first kappa shape index (κ1) is 35.1. The third kappa shape index (κ3) is 11.2. The van der Waals surface area contributed by atoms with E-state index in [1.807, 2.05) is 41.5 Å². The number of hydrogen-bond acceptors (Lipinski definition) is 6. The molecule has 0 radical (unpaired) electrons. The average Bonchev–Trinajstić information content (AvgIpc) is 2.82. The molecule has 0 N–H and O–H groups in total. The van der Waals surface area contributed by atoms with Crippen LogP contribution in [0.25, 0.3) is 0 Å². The van der Waals surface area contributed by atoms with Crippen LogP contribution in [-0.4, -0.2) is 50.6 Å². The largest absolute Gasteiger partial charge is 0.921 e. The van der Waals surface area contributed by atoms with E-state index in [2.05, 4.69) is 20.8 Å². The zero-order chi connectivity index (χ0) is 26.4. The van der Waals surface area contributed by atoms with Crippen LogP contribution >= 0.6 is 22.1 Å². The molecule has 0 aromatic carbocycles. The summed E-state index contributed by atoms with van der Waals surface area (Å²) in [5.74, 6) is 0. The molecule has 0 heterocycles. The molecule has 0 aliphatic heterocycles. The third-order valence-electron chi connectivity index (χ3n) is 7.05. The van der Waals surface area contributed by atoms with Crippen molar-refractivity contribution in [2.45, 2.75) is 137 Å². The normalized spacial score (nSPS) is 20.0. The Kier molecular flexibility index (Phi) is 18.2. The van der Waals surface area contributed by atoms with Crippen molar-refractivity contribution in [1.29, 1.82) is 0 Å². The summed E-state index contributed by atoms with van der Waals surface area (Å²) in [4.78, 5) is 0. The Balaban J connectivity index is 6.36. The van der Waals surface area contributed by atoms with E-state index in [9.17, 15) is 13.7 Å². The summed E-state index contributed by atoms with van der Waals surface area (Å²) in [6.07, 6.45) is 8.50. The van der Waals surface area contributed by atoms with E-state index in [1.165, 1.54) is 0 Å². The van der Waals surface area contributed by atoms with Crippen molar-refractivity contribution in [3.8, 4) is 0 Å². The Hall–Kier alpha value is 1.10. The minimum atomic E-state index is -3.24. The molecule has 0 aromatic heterocycles. The predicted molar refractivity (Wildman–Crippen MR) is 150 cm³/mol. The second-order valence-corrected chi connectivity index (χ2v) is 21.2. The SMILES string of the molecule is CCCCP(=O)([O][Al]([O]P(=O)(CCCC)C(C)CC)[O]P(=O)(CCCC)C(C)CC)C(C)CC. The summed E-state index contributed by atoms with van der Waals surface area (Å²) < 4.78 is 61.2. The lowest BCUT2D eigenvalue weighted by atomic mass is 10.4. The highest BCUT2D eigenvalue weighted by Crippen LogP contribution is 2.62. The summed E-state index contributed by atoms with van der Waals surface area (Å²) >= 11 is -3.24. The third-order valence-corrected chi connectivity index (χ3v) is 21.3. The fourth-order valence-electron chi connectivity index (χ4n) is 3.60. The second-order valence-electron chi connectivity index (χ2n) is 9.79. The van der Waals surface area contributed by atoms with Crippen LogP contribution in [0.2, 0.25) is 0 Å². The maximum Gasteiger partial charge on any atom is 0.921 e. The fourth-order valence-corrected chi connectivity index (χ4v) is 17.6.